The number of guanidine groups is 1. The molecule has 1 unspecified atom stereocenters. The molecule has 6 heteroatoms. The van der Waals surface area contributed by atoms with E-state index in [1.807, 2.05) is 68.0 Å². The molecule has 0 aliphatic rings. The van der Waals surface area contributed by atoms with Crippen molar-refractivity contribution in [1.82, 2.24) is 9.80 Å². The fourth-order valence-corrected chi connectivity index (χ4v) is 2.98. The third kappa shape index (κ3) is 7.09. The van der Waals surface area contributed by atoms with E-state index in [1.165, 1.54) is 4.90 Å². The second kappa shape index (κ2) is 11.0. The summed E-state index contributed by atoms with van der Waals surface area (Å²) in [4.78, 5) is 9.98. The number of methoxy groups -OCH3 is 1. The molecule has 1 rings (SSSR count). The van der Waals surface area contributed by atoms with Crippen LogP contribution in [-0.4, -0.2) is 63.4 Å². The average Bonchev–Trinajstić information content (AvgIpc) is 2.44. The first-order valence-electron chi connectivity index (χ1n) is 7.10. The van der Waals surface area contributed by atoms with Crippen molar-refractivity contribution in [2.24, 2.45) is 10.9 Å². The zero-order chi connectivity index (χ0) is 15.8. The number of rotatable bonds is 6. The van der Waals surface area contributed by atoms with Crippen molar-refractivity contribution in [2.45, 2.75) is 11.8 Å². The number of thioether (sulfide) groups is 1. The van der Waals surface area contributed by atoms with Crippen LogP contribution >= 0.6 is 35.7 Å². The number of ether oxygens (including phenoxy) is 1. The zero-order valence-electron chi connectivity index (χ0n) is 14.4. The lowest BCUT2D eigenvalue weighted by atomic mass is 10.2. The van der Waals surface area contributed by atoms with Crippen LogP contribution in [0.4, 0.5) is 0 Å². The molecule has 0 saturated heterocycles. The fraction of sp³-hybridized carbons (Fsp3) is 0.562. The van der Waals surface area contributed by atoms with E-state index < -0.39 is 0 Å². The summed E-state index contributed by atoms with van der Waals surface area (Å²) < 4.78 is 5.38. The first-order valence-corrected chi connectivity index (χ1v) is 8.09. The summed E-state index contributed by atoms with van der Waals surface area (Å²) >= 11 is 1.83. The maximum absolute atomic E-state index is 5.38. The van der Waals surface area contributed by atoms with E-state index in [1.54, 1.807) is 7.11 Å². The van der Waals surface area contributed by atoms with Crippen molar-refractivity contribution < 1.29 is 4.74 Å². The molecule has 4 nitrogen and oxygen atoms in total. The largest absolute Gasteiger partial charge is 0.496 e. The van der Waals surface area contributed by atoms with Gasteiger partial charge in [0.05, 0.1) is 7.11 Å². The van der Waals surface area contributed by atoms with Crippen LogP contribution in [0.25, 0.3) is 0 Å². The maximum atomic E-state index is 5.38. The molecule has 0 fully saturated rings. The van der Waals surface area contributed by atoms with Gasteiger partial charge in [-0.15, -0.1) is 35.7 Å². The summed E-state index contributed by atoms with van der Waals surface area (Å²) in [5.74, 6) is 3.48. The van der Waals surface area contributed by atoms with E-state index in [4.69, 9.17) is 9.73 Å². The van der Waals surface area contributed by atoms with Crippen molar-refractivity contribution in [3.05, 3.63) is 24.3 Å². The van der Waals surface area contributed by atoms with Crippen LogP contribution in [0.2, 0.25) is 0 Å². The van der Waals surface area contributed by atoms with E-state index >= 15 is 0 Å². The Morgan fingerprint density at radius 1 is 1.18 bits per heavy atom. The van der Waals surface area contributed by atoms with Crippen molar-refractivity contribution in [3.8, 4) is 5.75 Å². The van der Waals surface area contributed by atoms with Crippen LogP contribution in [0.15, 0.2) is 34.2 Å². The van der Waals surface area contributed by atoms with E-state index in [0.29, 0.717) is 5.92 Å². The van der Waals surface area contributed by atoms with Gasteiger partial charge in [0.1, 0.15) is 5.75 Å². The highest BCUT2D eigenvalue weighted by molar-refractivity contribution is 14.0. The molecular weight excluding hydrogens is 409 g/mol. The summed E-state index contributed by atoms with van der Waals surface area (Å²) in [6.07, 6.45) is 0. The number of benzene rings is 1. The van der Waals surface area contributed by atoms with Crippen LogP contribution in [0.3, 0.4) is 0 Å². The molecule has 126 valence electrons. The van der Waals surface area contributed by atoms with Gasteiger partial charge in [-0.05, 0) is 18.1 Å². The molecule has 0 heterocycles. The van der Waals surface area contributed by atoms with Gasteiger partial charge in [-0.1, -0.05) is 19.1 Å². The quantitative estimate of drug-likeness (QED) is 0.295. The summed E-state index contributed by atoms with van der Waals surface area (Å²) in [6, 6.07) is 8.15. The van der Waals surface area contributed by atoms with Gasteiger partial charge in [-0.3, -0.25) is 4.99 Å². The van der Waals surface area contributed by atoms with E-state index in [0.717, 1.165) is 24.0 Å². The monoisotopic (exact) mass is 437 g/mol. The van der Waals surface area contributed by atoms with Gasteiger partial charge in [0.15, 0.2) is 5.96 Å². The van der Waals surface area contributed by atoms with Crippen molar-refractivity contribution in [1.29, 1.82) is 0 Å². The van der Waals surface area contributed by atoms with Crippen molar-refractivity contribution in [2.75, 3.05) is 47.6 Å². The number of para-hydroxylation sites is 1. The topological polar surface area (TPSA) is 28.1 Å². The number of hydrogen-bond donors (Lipinski definition) is 0. The highest BCUT2D eigenvalue weighted by Gasteiger charge is 2.09. The van der Waals surface area contributed by atoms with Crippen LogP contribution in [0, 0.1) is 5.92 Å². The Kier molecular flexibility index (Phi) is 10.7. The molecule has 1 atom stereocenters. The van der Waals surface area contributed by atoms with Crippen LogP contribution in [0.1, 0.15) is 6.92 Å². The normalized spacial score (nSPS) is 11.2. The van der Waals surface area contributed by atoms with Gasteiger partial charge in [-0.25, -0.2) is 0 Å². The molecule has 1 aromatic carbocycles. The number of nitrogens with zero attached hydrogens (tertiary/aromatic N) is 3. The average molecular weight is 437 g/mol. The Morgan fingerprint density at radius 3 is 2.32 bits per heavy atom. The summed E-state index contributed by atoms with van der Waals surface area (Å²) in [6.45, 7) is 3.06. The smallest absolute Gasteiger partial charge is 0.195 e. The van der Waals surface area contributed by atoms with Gasteiger partial charge in [-0.2, -0.15) is 0 Å². The second-order valence-corrected chi connectivity index (χ2v) is 6.56. The predicted molar refractivity (Wildman–Crippen MR) is 108 cm³/mol. The lowest BCUT2D eigenvalue weighted by Gasteiger charge is -2.23. The Morgan fingerprint density at radius 2 is 1.77 bits per heavy atom. The predicted octanol–water partition coefficient (Wildman–Crippen LogP) is 3.52. The minimum absolute atomic E-state index is 0. The van der Waals surface area contributed by atoms with Gasteiger partial charge < -0.3 is 14.5 Å². The van der Waals surface area contributed by atoms with Gasteiger partial charge in [0, 0.05) is 45.4 Å². The summed E-state index contributed by atoms with van der Waals surface area (Å²) in [5, 5.41) is 0. The standard InChI is InChI=1S/C16H27N3OS.HI/c1-13(11-17-16(18(2)3)19(4)5)12-21-15-10-8-7-9-14(15)20-6;/h7-10,13H,11-12H2,1-6H3;1H. The molecule has 0 N–H and O–H groups in total. The van der Waals surface area contributed by atoms with Crippen LogP contribution in [-0.2, 0) is 0 Å². The molecule has 0 aromatic heterocycles. The molecular formula is C16H28IN3OS. The highest BCUT2D eigenvalue weighted by atomic mass is 127. The minimum Gasteiger partial charge on any atom is -0.496 e. The highest BCUT2D eigenvalue weighted by Crippen LogP contribution is 2.29. The zero-order valence-corrected chi connectivity index (χ0v) is 17.5. The number of halogens is 1. The minimum atomic E-state index is 0. The molecule has 0 aliphatic heterocycles. The van der Waals surface area contributed by atoms with Gasteiger partial charge in [0.25, 0.3) is 0 Å². The summed E-state index contributed by atoms with van der Waals surface area (Å²) in [7, 11) is 9.80. The molecule has 0 bridgehead atoms. The maximum Gasteiger partial charge on any atom is 0.195 e. The third-order valence-electron chi connectivity index (χ3n) is 2.94. The van der Waals surface area contributed by atoms with E-state index in [-0.39, 0.29) is 24.0 Å². The van der Waals surface area contributed by atoms with Gasteiger partial charge in [0.2, 0.25) is 0 Å². The number of aliphatic imine (C=N–C) groups is 1. The molecule has 22 heavy (non-hydrogen) atoms. The van der Waals surface area contributed by atoms with Crippen molar-refractivity contribution in [3.63, 3.8) is 0 Å². The van der Waals surface area contributed by atoms with E-state index in [2.05, 4.69) is 13.0 Å². The van der Waals surface area contributed by atoms with Gasteiger partial charge >= 0.3 is 0 Å². The number of hydrogen-bond acceptors (Lipinski definition) is 3. The Bertz CT molecular complexity index is 456. The molecule has 0 aliphatic carbocycles. The fourth-order valence-electron chi connectivity index (χ4n) is 1.94. The first kappa shape index (κ1) is 21.4. The van der Waals surface area contributed by atoms with Crippen LogP contribution in [0.5, 0.6) is 5.75 Å². The SMILES string of the molecule is COc1ccccc1SCC(C)CN=C(N(C)C)N(C)C.I. The molecule has 1 aromatic rings. The second-order valence-electron chi connectivity index (χ2n) is 5.50. The van der Waals surface area contributed by atoms with Crippen LogP contribution < -0.4 is 4.74 Å². The first-order chi connectivity index (χ1) is 9.95. The lowest BCUT2D eigenvalue weighted by Crippen LogP contribution is -2.35. The van der Waals surface area contributed by atoms with E-state index in [9.17, 15) is 0 Å². The Labute approximate surface area is 156 Å². The van der Waals surface area contributed by atoms with Crippen molar-refractivity contribution >= 4 is 41.7 Å². The third-order valence-corrected chi connectivity index (χ3v) is 4.32. The Hall–Kier alpha value is -0.630. The molecule has 0 spiro atoms. The summed E-state index contributed by atoms with van der Waals surface area (Å²) in [5.41, 5.74) is 0. The molecule has 0 radical (unpaired) electrons. The Balaban J connectivity index is 0.00000441. The molecule has 0 amide bonds. The lowest BCUT2D eigenvalue weighted by molar-refractivity contribution is 0.405. The molecule has 0 saturated carbocycles.